The summed E-state index contributed by atoms with van der Waals surface area (Å²) in [6.07, 6.45) is 23.9. The number of hydrogen-bond donors (Lipinski definition) is 0. The molecule has 1 aromatic carbocycles. The molecule has 0 saturated carbocycles. The van der Waals surface area contributed by atoms with Crippen molar-refractivity contribution in [1.82, 2.24) is 0 Å². The minimum atomic E-state index is -0.384. The standard InChI is InChI=1S/C41H64O8/c1-7-28-47-40-34(39(45-6)33(5)35-30-48-41(44)38(35)40)26-24-32(4)25-27-36(42)46-29-22-20-18-16-14-12-10-8-9-11-13-15-17-19-21-23-37(43)49-31(2)3/h7,24,31H,1,8-23,25-30H2,2-6H3/b32-24+. The highest BCUT2D eigenvalue weighted by Crippen LogP contribution is 2.43. The van der Waals surface area contributed by atoms with Gasteiger partial charge in [0.15, 0.2) is 0 Å². The Labute approximate surface area is 296 Å². The van der Waals surface area contributed by atoms with Crippen LogP contribution in [0.1, 0.15) is 163 Å². The van der Waals surface area contributed by atoms with Crippen LogP contribution in [0.15, 0.2) is 24.3 Å². The molecule has 0 atom stereocenters. The predicted octanol–water partition coefficient (Wildman–Crippen LogP) is 10.2. The maximum Gasteiger partial charge on any atom is 0.342 e. The van der Waals surface area contributed by atoms with E-state index in [9.17, 15) is 14.4 Å². The van der Waals surface area contributed by atoms with Gasteiger partial charge in [-0.05, 0) is 58.9 Å². The molecule has 0 radical (unpaired) electrons. The summed E-state index contributed by atoms with van der Waals surface area (Å²) in [5.41, 5.74) is 4.00. The van der Waals surface area contributed by atoms with Crippen LogP contribution in [-0.4, -0.2) is 44.3 Å². The molecule has 276 valence electrons. The van der Waals surface area contributed by atoms with Crippen molar-refractivity contribution in [1.29, 1.82) is 0 Å². The topological polar surface area (TPSA) is 97.4 Å². The molecule has 2 rings (SSSR count). The van der Waals surface area contributed by atoms with Gasteiger partial charge in [0.1, 0.15) is 30.3 Å². The number of fused-ring (bicyclic) bond motifs is 1. The number of ether oxygens (including phenoxy) is 5. The molecule has 0 bridgehead atoms. The number of benzene rings is 1. The average molecular weight is 685 g/mol. The van der Waals surface area contributed by atoms with Gasteiger partial charge in [-0.3, -0.25) is 9.59 Å². The van der Waals surface area contributed by atoms with E-state index in [0.29, 0.717) is 49.4 Å². The minimum Gasteiger partial charge on any atom is -0.496 e. The van der Waals surface area contributed by atoms with E-state index in [-0.39, 0.29) is 37.2 Å². The van der Waals surface area contributed by atoms with Crippen LogP contribution in [0.25, 0.3) is 0 Å². The Morgan fingerprint density at radius 3 is 1.94 bits per heavy atom. The van der Waals surface area contributed by atoms with Crippen LogP contribution in [0.3, 0.4) is 0 Å². The van der Waals surface area contributed by atoms with Crippen molar-refractivity contribution in [2.24, 2.45) is 0 Å². The number of hydrogen-bond acceptors (Lipinski definition) is 8. The third-order valence-corrected chi connectivity index (χ3v) is 9.01. The van der Waals surface area contributed by atoms with Gasteiger partial charge < -0.3 is 23.7 Å². The molecule has 1 aromatic rings. The fourth-order valence-electron chi connectivity index (χ4n) is 6.24. The van der Waals surface area contributed by atoms with E-state index in [1.54, 1.807) is 13.2 Å². The summed E-state index contributed by atoms with van der Waals surface area (Å²) in [6.45, 7) is 12.4. The van der Waals surface area contributed by atoms with Crippen molar-refractivity contribution in [3.8, 4) is 11.5 Å². The van der Waals surface area contributed by atoms with Gasteiger partial charge in [0.05, 0.1) is 19.8 Å². The normalized spacial score (nSPS) is 12.5. The molecule has 8 heteroatoms. The molecular weight excluding hydrogens is 620 g/mol. The lowest BCUT2D eigenvalue weighted by molar-refractivity contribution is -0.147. The first kappa shape index (κ1) is 41.9. The Morgan fingerprint density at radius 1 is 0.816 bits per heavy atom. The average Bonchev–Trinajstić information content (AvgIpc) is 3.46. The summed E-state index contributed by atoms with van der Waals surface area (Å²) >= 11 is 0. The van der Waals surface area contributed by atoms with Gasteiger partial charge in [-0.15, -0.1) is 0 Å². The van der Waals surface area contributed by atoms with Crippen LogP contribution in [0.5, 0.6) is 11.5 Å². The molecule has 0 fully saturated rings. The third kappa shape index (κ3) is 16.3. The van der Waals surface area contributed by atoms with Gasteiger partial charge in [-0.2, -0.15) is 0 Å². The highest BCUT2D eigenvalue weighted by atomic mass is 16.5. The maximum atomic E-state index is 12.5. The number of carbonyl (C=O) groups excluding carboxylic acids is 3. The molecule has 49 heavy (non-hydrogen) atoms. The Bertz CT molecular complexity index is 1200. The number of methoxy groups -OCH3 is 1. The zero-order chi connectivity index (χ0) is 35.9. The highest BCUT2D eigenvalue weighted by Gasteiger charge is 2.33. The molecule has 0 aromatic heterocycles. The Kier molecular flexibility index (Phi) is 21.2. The molecule has 1 heterocycles. The quantitative estimate of drug-likeness (QED) is 0.0372. The number of cyclic esters (lactones) is 1. The lowest BCUT2D eigenvalue weighted by Crippen LogP contribution is -2.10. The van der Waals surface area contributed by atoms with E-state index in [4.69, 9.17) is 23.7 Å². The van der Waals surface area contributed by atoms with E-state index >= 15 is 0 Å². The van der Waals surface area contributed by atoms with Gasteiger partial charge in [-0.25, -0.2) is 4.79 Å². The third-order valence-electron chi connectivity index (χ3n) is 9.01. The number of esters is 3. The molecule has 0 aliphatic carbocycles. The zero-order valence-corrected chi connectivity index (χ0v) is 31.3. The monoisotopic (exact) mass is 684 g/mol. The fraction of sp³-hybridized carbons (Fsp3) is 0.683. The molecule has 1 aliphatic heterocycles. The van der Waals surface area contributed by atoms with E-state index in [0.717, 1.165) is 47.9 Å². The van der Waals surface area contributed by atoms with Gasteiger partial charge in [0.25, 0.3) is 0 Å². The molecular formula is C41H64O8. The molecule has 0 amide bonds. The second-order valence-corrected chi connectivity index (χ2v) is 13.6. The summed E-state index contributed by atoms with van der Waals surface area (Å²) < 4.78 is 27.6. The van der Waals surface area contributed by atoms with Crippen molar-refractivity contribution >= 4 is 17.9 Å². The lowest BCUT2D eigenvalue weighted by Gasteiger charge is -2.19. The van der Waals surface area contributed by atoms with Crippen molar-refractivity contribution in [2.45, 2.75) is 162 Å². The number of carbonyl (C=O) groups is 3. The van der Waals surface area contributed by atoms with Crippen molar-refractivity contribution in [3.05, 3.63) is 46.6 Å². The van der Waals surface area contributed by atoms with E-state index in [2.05, 4.69) is 12.7 Å². The highest BCUT2D eigenvalue weighted by molar-refractivity contribution is 5.98. The molecule has 1 aliphatic rings. The van der Waals surface area contributed by atoms with E-state index < -0.39 is 0 Å². The number of unbranched alkanes of at least 4 members (excludes halogenated alkanes) is 14. The van der Waals surface area contributed by atoms with Gasteiger partial charge in [-0.1, -0.05) is 108 Å². The lowest BCUT2D eigenvalue weighted by atomic mass is 9.94. The van der Waals surface area contributed by atoms with Crippen molar-refractivity contribution in [3.63, 3.8) is 0 Å². The second-order valence-electron chi connectivity index (χ2n) is 13.6. The summed E-state index contributed by atoms with van der Waals surface area (Å²) in [7, 11) is 1.62. The molecule has 0 unspecified atom stereocenters. The predicted molar refractivity (Wildman–Crippen MR) is 195 cm³/mol. The van der Waals surface area contributed by atoms with Crippen LogP contribution in [-0.2, 0) is 36.8 Å². The van der Waals surface area contributed by atoms with Crippen molar-refractivity contribution in [2.75, 3.05) is 20.3 Å². The second kappa shape index (κ2) is 24.8. The van der Waals surface area contributed by atoms with E-state index in [1.807, 2.05) is 27.7 Å². The SMILES string of the molecule is C=CCOc1c(C/C=C(\C)CCC(=O)OCCCCCCCCCCCCCCCCCC(=O)OC(C)C)c(OC)c(C)c2c1C(=O)OC2. The molecule has 0 N–H and O–H groups in total. The summed E-state index contributed by atoms with van der Waals surface area (Å²) in [5, 5.41) is 0. The minimum absolute atomic E-state index is 0.0107. The first-order chi connectivity index (χ1) is 23.7. The van der Waals surface area contributed by atoms with Gasteiger partial charge in [0, 0.05) is 24.0 Å². The first-order valence-corrected chi connectivity index (χ1v) is 18.8. The Morgan fingerprint density at radius 2 is 1.39 bits per heavy atom. The fourth-order valence-corrected chi connectivity index (χ4v) is 6.24. The zero-order valence-electron chi connectivity index (χ0n) is 31.3. The molecule has 0 spiro atoms. The maximum absolute atomic E-state index is 12.5. The van der Waals surface area contributed by atoms with Crippen molar-refractivity contribution < 1.29 is 38.1 Å². The largest absolute Gasteiger partial charge is 0.496 e. The van der Waals surface area contributed by atoms with Crippen LogP contribution < -0.4 is 9.47 Å². The smallest absolute Gasteiger partial charge is 0.342 e. The first-order valence-electron chi connectivity index (χ1n) is 18.8. The molecule has 0 saturated heterocycles. The summed E-state index contributed by atoms with van der Waals surface area (Å²) in [6, 6.07) is 0. The summed E-state index contributed by atoms with van der Waals surface area (Å²) in [4.78, 5) is 36.4. The van der Waals surface area contributed by atoms with E-state index in [1.165, 1.54) is 70.6 Å². The van der Waals surface area contributed by atoms with Gasteiger partial charge in [0.2, 0.25) is 0 Å². The Hall–Kier alpha value is -3.29. The number of allylic oxidation sites excluding steroid dienone is 2. The summed E-state index contributed by atoms with van der Waals surface area (Å²) in [5.74, 6) is 0.558. The van der Waals surface area contributed by atoms with Crippen LogP contribution >= 0.6 is 0 Å². The molecule has 8 nitrogen and oxygen atoms in total. The number of rotatable bonds is 28. The van der Waals surface area contributed by atoms with Gasteiger partial charge >= 0.3 is 17.9 Å². The van der Waals surface area contributed by atoms with Crippen LogP contribution in [0.4, 0.5) is 0 Å². The van der Waals surface area contributed by atoms with Crippen LogP contribution in [0, 0.1) is 6.92 Å². The Balaban J connectivity index is 1.50. The van der Waals surface area contributed by atoms with Crippen LogP contribution in [0.2, 0.25) is 0 Å².